The maximum Gasteiger partial charge on any atom is 0.356 e. The standard InChI is InChI=1S/C12H19N3O2/c1-13-7-8-15(2)9-10-5-4-6-11(14-10)12(16)17-3/h4-6,13H,7-9H2,1-3H3. The van der Waals surface area contributed by atoms with E-state index in [0.29, 0.717) is 12.2 Å². The van der Waals surface area contributed by atoms with Gasteiger partial charge in [0.2, 0.25) is 0 Å². The quantitative estimate of drug-likeness (QED) is 0.731. The Balaban J connectivity index is 2.62. The summed E-state index contributed by atoms with van der Waals surface area (Å²) in [6.45, 7) is 2.57. The molecule has 0 saturated heterocycles. The number of carbonyl (C=O) groups excluding carboxylic acids is 1. The molecule has 0 fully saturated rings. The zero-order valence-corrected chi connectivity index (χ0v) is 10.6. The molecular weight excluding hydrogens is 218 g/mol. The minimum absolute atomic E-state index is 0.354. The van der Waals surface area contributed by atoms with E-state index in [-0.39, 0.29) is 0 Å². The molecule has 5 heteroatoms. The first kappa shape index (κ1) is 13.6. The Bertz CT molecular complexity index is 369. The lowest BCUT2D eigenvalue weighted by Crippen LogP contribution is -2.27. The molecule has 0 spiro atoms. The highest BCUT2D eigenvalue weighted by molar-refractivity contribution is 5.87. The molecule has 0 aliphatic heterocycles. The van der Waals surface area contributed by atoms with E-state index < -0.39 is 5.97 Å². The van der Waals surface area contributed by atoms with Gasteiger partial charge in [0.1, 0.15) is 5.69 Å². The van der Waals surface area contributed by atoms with Gasteiger partial charge in [-0.05, 0) is 26.2 Å². The first-order valence-corrected chi connectivity index (χ1v) is 5.54. The molecule has 1 N–H and O–H groups in total. The second-order valence-corrected chi connectivity index (χ2v) is 3.85. The maximum atomic E-state index is 11.3. The number of nitrogens with zero attached hydrogens (tertiary/aromatic N) is 2. The monoisotopic (exact) mass is 237 g/mol. The van der Waals surface area contributed by atoms with Crippen LogP contribution in [0.3, 0.4) is 0 Å². The summed E-state index contributed by atoms with van der Waals surface area (Å²) in [5.74, 6) is -0.398. The van der Waals surface area contributed by atoms with E-state index in [1.165, 1.54) is 7.11 Å². The maximum absolute atomic E-state index is 11.3. The van der Waals surface area contributed by atoms with E-state index in [1.54, 1.807) is 6.07 Å². The third-order valence-corrected chi connectivity index (χ3v) is 2.38. The third kappa shape index (κ3) is 4.50. The van der Waals surface area contributed by atoms with Crippen LogP contribution in [0, 0.1) is 0 Å². The third-order valence-electron chi connectivity index (χ3n) is 2.38. The van der Waals surface area contributed by atoms with Gasteiger partial charge >= 0.3 is 5.97 Å². The number of methoxy groups -OCH3 is 1. The zero-order chi connectivity index (χ0) is 12.7. The number of esters is 1. The molecule has 0 aliphatic rings. The number of rotatable bonds is 6. The van der Waals surface area contributed by atoms with Crippen LogP contribution >= 0.6 is 0 Å². The van der Waals surface area contributed by atoms with Crippen molar-refractivity contribution in [2.45, 2.75) is 6.54 Å². The van der Waals surface area contributed by atoms with Gasteiger partial charge in [-0.25, -0.2) is 9.78 Å². The second-order valence-electron chi connectivity index (χ2n) is 3.85. The van der Waals surface area contributed by atoms with Crippen molar-refractivity contribution in [3.63, 3.8) is 0 Å². The van der Waals surface area contributed by atoms with Crippen molar-refractivity contribution in [3.05, 3.63) is 29.6 Å². The van der Waals surface area contributed by atoms with Crippen LogP contribution in [0.1, 0.15) is 16.2 Å². The summed E-state index contributed by atoms with van der Waals surface area (Å²) in [6, 6.07) is 5.38. The molecule has 0 amide bonds. The van der Waals surface area contributed by atoms with Gasteiger partial charge in [0, 0.05) is 19.6 Å². The van der Waals surface area contributed by atoms with Gasteiger partial charge in [0.15, 0.2) is 0 Å². The summed E-state index contributed by atoms with van der Waals surface area (Å²) < 4.78 is 4.64. The minimum atomic E-state index is -0.398. The van der Waals surface area contributed by atoms with E-state index in [0.717, 1.165) is 18.8 Å². The predicted molar refractivity (Wildman–Crippen MR) is 65.8 cm³/mol. The fourth-order valence-corrected chi connectivity index (χ4v) is 1.44. The molecule has 0 aromatic carbocycles. The molecule has 1 rings (SSSR count). The largest absolute Gasteiger partial charge is 0.464 e. The van der Waals surface area contributed by atoms with Crippen molar-refractivity contribution < 1.29 is 9.53 Å². The van der Waals surface area contributed by atoms with E-state index >= 15 is 0 Å². The van der Waals surface area contributed by atoms with Gasteiger partial charge in [-0.2, -0.15) is 0 Å². The highest BCUT2D eigenvalue weighted by Gasteiger charge is 2.08. The summed E-state index contributed by atoms with van der Waals surface area (Å²) in [7, 11) is 5.30. The van der Waals surface area contributed by atoms with E-state index in [1.807, 2.05) is 26.2 Å². The number of aromatic nitrogens is 1. The van der Waals surface area contributed by atoms with E-state index in [2.05, 4.69) is 19.9 Å². The molecule has 0 radical (unpaired) electrons. The molecular formula is C12H19N3O2. The number of ether oxygens (including phenoxy) is 1. The molecule has 1 heterocycles. The van der Waals surface area contributed by atoms with Crippen LogP contribution < -0.4 is 5.32 Å². The molecule has 1 aromatic rings. The lowest BCUT2D eigenvalue weighted by molar-refractivity contribution is 0.0593. The fourth-order valence-electron chi connectivity index (χ4n) is 1.44. The van der Waals surface area contributed by atoms with Gasteiger partial charge in [0.05, 0.1) is 12.8 Å². The van der Waals surface area contributed by atoms with Crippen LogP contribution in [0.15, 0.2) is 18.2 Å². The van der Waals surface area contributed by atoms with Crippen molar-refractivity contribution in [2.24, 2.45) is 0 Å². The molecule has 1 aromatic heterocycles. The van der Waals surface area contributed by atoms with E-state index in [9.17, 15) is 4.79 Å². The Morgan fingerprint density at radius 2 is 2.29 bits per heavy atom. The fraction of sp³-hybridized carbons (Fsp3) is 0.500. The number of pyridine rings is 1. The molecule has 17 heavy (non-hydrogen) atoms. The lowest BCUT2D eigenvalue weighted by atomic mass is 10.3. The van der Waals surface area contributed by atoms with Gasteiger partial charge in [-0.1, -0.05) is 6.07 Å². The van der Waals surface area contributed by atoms with Crippen molar-refractivity contribution in [1.82, 2.24) is 15.2 Å². The van der Waals surface area contributed by atoms with Crippen molar-refractivity contribution >= 4 is 5.97 Å². The molecule has 94 valence electrons. The topological polar surface area (TPSA) is 54.5 Å². The summed E-state index contributed by atoms with van der Waals surface area (Å²) >= 11 is 0. The Kier molecular flexibility index (Phi) is 5.59. The number of hydrogen-bond acceptors (Lipinski definition) is 5. The predicted octanol–water partition coefficient (Wildman–Crippen LogP) is 0.519. The SMILES string of the molecule is CNCCN(C)Cc1cccc(C(=O)OC)n1. The molecule has 0 unspecified atom stereocenters. The average molecular weight is 237 g/mol. The van der Waals surface area contributed by atoms with Crippen LogP contribution in [-0.2, 0) is 11.3 Å². The van der Waals surface area contributed by atoms with Crippen LogP contribution in [0.4, 0.5) is 0 Å². The highest BCUT2D eigenvalue weighted by atomic mass is 16.5. The first-order valence-electron chi connectivity index (χ1n) is 5.54. The Labute approximate surface area is 102 Å². The molecule has 0 saturated carbocycles. The Hall–Kier alpha value is -1.46. The average Bonchev–Trinajstić information content (AvgIpc) is 2.35. The second kappa shape index (κ2) is 6.98. The summed E-state index contributed by atoms with van der Waals surface area (Å²) in [5, 5.41) is 3.09. The minimum Gasteiger partial charge on any atom is -0.464 e. The lowest BCUT2D eigenvalue weighted by Gasteiger charge is -2.15. The van der Waals surface area contributed by atoms with Gasteiger partial charge in [-0.15, -0.1) is 0 Å². The first-order chi connectivity index (χ1) is 8.17. The van der Waals surface area contributed by atoms with Crippen molar-refractivity contribution in [3.8, 4) is 0 Å². The number of likely N-dealkylation sites (N-methyl/N-ethyl adjacent to an activating group) is 2. The number of hydrogen-bond donors (Lipinski definition) is 1. The highest BCUT2D eigenvalue weighted by Crippen LogP contribution is 2.03. The number of carbonyl (C=O) groups is 1. The summed E-state index contributed by atoms with van der Waals surface area (Å²) in [4.78, 5) is 17.7. The molecule has 5 nitrogen and oxygen atoms in total. The molecule has 0 aliphatic carbocycles. The Morgan fingerprint density at radius 3 is 2.94 bits per heavy atom. The Morgan fingerprint density at radius 1 is 1.53 bits per heavy atom. The van der Waals surface area contributed by atoms with Crippen LogP contribution in [0.5, 0.6) is 0 Å². The van der Waals surface area contributed by atoms with Crippen molar-refractivity contribution in [1.29, 1.82) is 0 Å². The molecule has 0 bridgehead atoms. The van der Waals surface area contributed by atoms with Gasteiger partial charge in [0.25, 0.3) is 0 Å². The van der Waals surface area contributed by atoms with Crippen LogP contribution in [0.25, 0.3) is 0 Å². The summed E-state index contributed by atoms with van der Waals surface area (Å²) in [5.41, 5.74) is 1.22. The van der Waals surface area contributed by atoms with Crippen LogP contribution in [0.2, 0.25) is 0 Å². The van der Waals surface area contributed by atoms with Gasteiger partial charge < -0.3 is 10.1 Å². The zero-order valence-electron chi connectivity index (χ0n) is 10.6. The smallest absolute Gasteiger partial charge is 0.356 e. The molecule has 0 atom stereocenters. The van der Waals surface area contributed by atoms with Crippen LogP contribution in [-0.4, -0.2) is 50.1 Å². The summed E-state index contributed by atoms with van der Waals surface area (Å²) in [6.07, 6.45) is 0. The van der Waals surface area contributed by atoms with E-state index in [4.69, 9.17) is 0 Å². The number of nitrogens with one attached hydrogen (secondary N) is 1. The van der Waals surface area contributed by atoms with Gasteiger partial charge in [-0.3, -0.25) is 4.90 Å². The normalized spacial score (nSPS) is 10.6. The van der Waals surface area contributed by atoms with Crippen molar-refractivity contribution in [2.75, 3.05) is 34.3 Å².